The van der Waals surface area contributed by atoms with Crippen LogP contribution >= 0.6 is 11.6 Å². The van der Waals surface area contributed by atoms with E-state index >= 15 is 0 Å². The number of carbonyl (C=O) groups excluding carboxylic acids is 1. The standard InChI is InChI=1S/C10H7ClFNO/c1-6-2-7(5-13)3-8(12)10(6)9(14)4-11/h2-3H,4H2,1H3. The minimum Gasteiger partial charge on any atom is -0.293 e. The third kappa shape index (κ3) is 1.91. The summed E-state index contributed by atoms with van der Waals surface area (Å²) in [5, 5.41) is 8.55. The summed E-state index contributed by atoms with van der Waals surface area (Å²) in [6, 6.07) is 4.30. The van der Waals surface area contributed by atoms with Gasteiger partial charge in [0.25, 0.3) is 0 Å². The summed E-state index contributed by atoms with van der Waals surface area (Å²) in [5.74, 6) is -1.41. The van der Waals surface area contributed by atoms with E-state index in [4.69, 9.17) is 16.9 Å². The molecule has 0 aliphatic carbocycles. The number of halogens is 2. The fourth-order valence-corrected chi connectivity index (χ4v) is 1.36. The Kier molecular flexibility index (Phi) is 3.21. The van der Waals surface area contributed by atoms with Crippen LogP contribution in [0.4, 0.5) is 4.39 Å². The Hall–Kier alpha value is -1.40. The number of hydrogen-bond donors (Lipinski definition) is 0. The van der Waals surface area contributed by atoms with Gasteiger partial charge in [0.15, 0.2) is 5.78 Å². The molecule has 0 amide bonds. The van der Waals surface area contributed by atoms with Crippen molar-refractivity contribution in [1.29, 1.82) is 5.26 Å². The molecular formula is C10H7ClFNO. The zero-order valence-corrected chi connectivity index (χ0v) is 8.23. The van der Waals surface area contributed by atoms with Gasteiger partial charge in [0.05, 0.1) is 23.1 Å². The fraction of sp³-hybridized carbons (Fsp3) is 0.200. The molecule has 0 bridgehead atoms. The third-order valence-corrected chi connectivity index (χ3v) is 2.06. The van der Waals surface area contributed by atoms with Crippen LogP contribution in [-0.2, 0) is 0 Å². The van der Waals surface area contributed by atoms with Gasteiger partial charge in [0.1, 0.15) is 5.82 Å². The smallest absolute Gasteiger partial charge is 0.180 e. The number of alkyl halides is 1. The van der Waals surface area contributed by atoms with E-state index in [0.717, 1.165) is 6.07 Å². The fourth-order valence-electron chi connectivity index (χ4n) is 1.23. The van der Waals surface area contributed by atoms with E-state index < -0.39 is 11.6 Å². The number of rotatable bonds is 2. The molecule has 0 unspecified atom stereocenters. The molecule has 1 rings (SSSR count). The second kappa shape index (κ2) is 4.21. The van der Waals surface area contributed by atoms with Crippen LogP contribution in [0.25, 0.3) is 0 Å². The molecule has 0 saturated heterocycles. The maximum atomic E-state index is 13.3. The number of nitrogens with zero attached hydrogens (tertiary/aromatic N) is 1. The van der Waals surface area contributed by atoms with Gasteiger partial charge in [0, 0.05) is 0 Å². The molecule has 0 atom stereocenters. The molecule has 1 aromatic carbocycles. The first-order chi connectivity index (χ1) is 6.60. The maximum absolute atomic E-state index is 13.3. The van der Waals surface area contributed by atoms with Crippen molar-refractivity contribution < 1.29 is 9.18 Å². The Bertz CT molecular complexity index is 400. The second-order valence-electron chi connectivity index (χ2n) is 2.82. The minimum absolute atomic E-state index is 0.0287. The van der Waals surface area contributed by atoms with Crippen LogP contribution in [0.1, 0.15) is 21.5 Å². The molecule has 0 radical (unpaired) electrons. The van der Waals surface area contributed by atoms with E-state index in [2.05, 4.69) is 0 Å². The molecule has 72 valence electrons. The van der Waals surface area contributed by atoms with Crippen LogP contribution in [0.15, 0.2) is 12.1 Å². The van der Waals surface area contributed by atoms with Crippen LogP contribution < -0.4 is 0 Å². The van der Waals surface area contributed by atoms with E-state index in [1.807, 2.05) is 6.07 Å². The van der Waals surface area contributed by atoms with Crippen LogP contribution in [0.3, 0.4) is 0 Å². The van der Waals surface area contributed by atoms with Gasteiger partial charge in [-0.1, -0.05) is 0 Å². The molecule has 0 aliphatic heterocycles. The highest BCUT2D eigenvalue weighted by molar-refractivity contribution is 6.30. The second-order valence-corrected chi connectivity index (χ2v) is 3.09. The normalized spacial score (nSPS) is 9.57. The van der Waals surface area contributed by atoms with Crippen molar-refractivity contribution in [2.45, 2.75) is 6.92 Å². The van der Waals surface area contributed by atoms with Gasteiger partial charge in [-0.05, 0) is 24.6 Å². The predicted octanol–water partition coefficient (Wildman–Crippen LogP) is 2.43. The lowest BCUT2D eigenvalue weighted by Gasteiger charge is -2.04. The van der Waals surface area contributed by atoms with Crippen molar-refractivity contribution in [3.63, 3.8) is 0 Å². The van der Waals surface area contributed by atoms with Crippen molar-refractivity contribution in [2.24, 2.45) is 0 Å². The van der Waals surface area contributed by atoms with Crippen LogP contribution in [0, 0.1) is 24.1 Å². The minimum atomic E-state index is -0.688. The molecule has 0 spiro atoms. The van der Waals surface area contributed by atoms with E-state index in [-0.39, 0.29) is 17.0 Å². The molecule has 0 aromatic heterocycles. The molecular weight excluding hydrogens is 205 g/mol. The molecule has 0 N–H and O–H groups in total. The number of benzene rings is 1. The molecule has 14 heavy (non-hydrogen) atoms. The number of nitriles is 1. The predicted molar refractivity (Wildman–Crippen MR) is 50.9 cm³/mol. The molecule has 0 fully saturated rings. The lowest BCUT2D eigenvalue weighted by atomic mass is 10.0. The monoisotopic (exact) mass is 211 g/mol. The lowest BCUT2D eigenvalue weighted by Crippen LogP contribution is -2.06. The van der Waals surface area contributed by atoms with Gasteiger partial charge in [-0.25, -0.2) is 4.39 Å². The Labute approximate surface area is 85.9 Å². The van der Waals surface area contributed by atoms with Crippen molar-refractivity contribution in [3.8, 4) is 6.07 Å². The first kappa shape index (κ1) is 10.7. The number of carbonyl (C=O) groups is 1. The number of hydrogen-bond acceptors (Lipinski definition) is 2. The Morgan fingerprint density at radius 2 is 2.29 bits per heavy atom. The van der Waals surface area contributed by atoms with Crippen molar-refractivity contribution in [2.75, 3.05) is 5.88 Å². The molecule has 1 aromatic rings. The Morgan fingerprint density at radius 1 is 1.64 bits per heavy atom. The summed E-state index contributed by atoms with van der Waals surface area (Å²) >= 11 is 5.32. The van der Waals surface area contributed by atoms with Gasteiger partial charge in [0.2, 0.25) is 0 Å². The number of Topliss-reactive ketones (excluding diaryl/α,β-unsaturated/α-hetero) is 1. The molecule has 0 aliphatic rings. The Morgan fingerprint density at radius 3 is 2.71 bits per heavy atom. The van der Waals surface area contributed by atoms with Gasteiger partial charge in [-0.15, -0.1) is 11.6 Å². The summed E-state index contributed by atoms with van der Waals surface area (Å²) in [6.45, 7) is 1.57. The summed E-state index contributed by atoms with van der Waals surface area (Å²) in [5.41, 5.74) is 0.609. The van der Waals surface area contributed by atoms with E-state index in [9.17, 15) is 9.18 Å². The highest BCUT2D eigenvalue weighted by atomic mass is 35.5. The number of aryl methyl sites for hydroxylation is 1. The Balaban J connectivity index is 3.34. The van der Waals surface area contributed by atoms with Crippen LogP contribution in [0.2, 0.25) is 0 Å². The topological polar surface area (TPSA) is 40.9 Å². The molecule has 2 nitrogen and oxygen atoms in total. The van der Waals surface area contributed by atoms with Crippen molar-refractivity contribution in [1.82, 2.24) is 0 Å². The highest BCUT2D eigenvalue weighted by Gasteiger charge is 2.14. The largest absolute Gasteiger partial charge is 0.293 e. The first-order valence-corrected chi connectivity index (χ1v) is 4.43. The van der Waals surface area contributed by atoms with Gasteiger partial charge < -0.3 is 0 Å². The summed E-state index contributed by atoms with van der Waals surface area (Å²) in [7, 11) is 0. The summed E-state index contributed by atoms with van der Waals surface area (Å²) < 4.78 is 13.3. The molecule has 0 saturated carbocycles. The highest BCUT2D eigenvalue weighted by Crippen LogP contribution is 2.16. The van der Waals surface area contributed by atoms with Gasteiger partial charge in [-0.2, -0.15) is 5.26 Å². The third-order valence-electron chi connectivity index (χ3n) is 1.82. The van der Waals surface area contributed by atoms with Crippen molar-refractivity contribution in [3.05, 3.63) is 34.6 Å². The SMILES string of the molecule is Cc1cc(C#N)cc(F)c1C(=O)CCl. The number of ketones is 1. The average Bonchev–Trinajstić information content (AvgIpc) is 2.16. The van der Waals surface area contributed by atoms with Crippen molar-refractivity contribution >= 4 is 17.4 Å². The zero-order chi connectivity index (χ0) is 10.7. The van der Waals surface area contributed by atoms with E-state index in [1.165, 1.54) is 6.07 Å². The molecule has 0 heterocycles. The summed E-state index contributed by atoms with van der Waals surface area (Å²) in [4.78, 5) is 11.2. The van der Waals surface area contributed by atoms with Gasteiger partial charge >= 0.3 is 0 Å². The average molecular weight is 212 g/mol. The van der Waals surface area contributed by atoms with Crippen LogP contribution in [-0.4, -0.2) is 11.7 Å². The zero-order valence-electron chi connectivity index (χ0n) is 7.47. The summed E-state index contributed by atoms with van der Waals surface area (Å²) in [6.07, 6.45) is 0. The molecule has 4 heteroatoms. The van der Waals surface area contributed by atoms with E-state index in [1.54, 1.807) is 6.92 Å². The van der Waals surface area contributed by atoms with Crippen LogP contribution in [0.5, 0.6) is 0 Å². The lowest BCUT2D eigenvalue weighted by molar-refractivity contribution is 0.101. The first-order valence-electron chi connectivity index (χ1n) is 3.89. The quantitative estimate of drug-likeness (QED) is 0.557. The maximum Gasteiger partial charge on any atom is 0.180 e. The van der Waals surface area contributed by atoms with E-state index in [0.29, 0.717) is 5.56 Å². The van der Waals surface area contributed by atoms with Gasteiger partial charge in [-0.3, -0.25) is 4.79 Å².